The zero-order chi connectivity index (χ0) is 22.5. The Bertz CT molecular complexity index is 754. The van der Waals surface area contributed by atoms with E-state index in [1.54, 1.807) is 25.7 Å². The van der Waals surface area contributed by atoms with Crippen LogP contribution in [0.5, 0.6) is 0 Å². The normalized spacial score (nSPS) is 17.1. The molecule has 1 aliphatic heterocycles. The number of nitrogens with zero attached hydrogens (tertiary/aromatic N) is 2. The molecule has 2 rings (SSSR count). The van der Waals surface area contributed by atoms with Crippen LogP contribution in [0.3, 0.4) is 0 Å². The lowest BCUT2D eigenvalue weighted by Crippen LogP contribution is -2.50. The number of ether oxygens (including phenoxy) is 1. The van der Waals surface area contributed by atoms with Gasteiger partial charge >= 0.3 is 12.1 Å². The first kappa shape index (κ1) is 24.4. The number of nitrogens with one attached hydrogen (secondary N) is 2. The topological polar surface area (TPSA) is 83.0 Å². The van der Waals surface area contributed by atoms with Gasteiger partial charge in [0.15, 0.2) is 0 Å². The maximum Gasteiger partial charge on any atom is 0.414 e. The van der Waals surface area contributed by atoms with Crippen LogP contribution >= 0.6 is 0 Å². The third-order valence-electron chi connectivity index (χ3n) is 4.67. The van der Waals surface area contributed by atoms with Gasteiger partial charge in [-0.05, 0) is 39.2 Å². The minimum absolute atomic E-state index is 0.135. The Labute approximate surface area is 185 Å². The number of rotatable bonds is 3. The minimum atomic E-state index is -0.633. The van der Waals surface area contributed by atoms with Crippen LogP contribution in [0.1, 0.15) is 64.9 Å². The molecule has 3 amide bonds. The van der Waals surface area contributed by atoms with Crippen molar-refractivity contribution < 1.29 is 14.3 Å². The molecule has 0 radical (unpaired) electrons. The summed E-state index contributed by atoms with van der Waals surface area (Å²) in [6.07, 6.45) is 9.69. The van der Waals surface area contributed by atoms with Crippen molar-refractivity contribution in [2.24, 2.45) is 4.99 Å². The quantitative estimate of drug-likeness (QED) is 0.715. The molecule has 0 aliphatic carbocycles. The highest BCUT2D eigenvalue weighted by Gasteiger charge is 2.20. The van der Waals surface area contributed by atoms with E-state index >= 15 is 0 Å². The average Bonchev–Trinajstić information content (AvgIpc) is 2.71. The van der Waals surface area contributed by atoms with Gasteiger partial charge in [0.05, 0.1) is 0 Å². The van der Waals surface area contributed by atoms with Crippen molar-refractivity contribution in [3.8, 4) is 0 Å². The molecule has 0 aromatic heterocycles. The van der Waals surface area contributed by atoms with Gasteiger partial charge in [0.25, 0.3) is 0 Å². The van der Waals surface area contributed by atoms with E-state index in [2.05, 4.69) is 15.6 Å². The number of alkyl carbamates (subject to hydrolysis) is 1. The molecule has 0 bridgehead atoms. The number of hydrogen-bond donors (Lipinski definition) is 2. The Hall–Kier alpha value is -2.83. The first-order valence-corrected chi connectivity index (χ1v) is 11.2. The summed E-state index contributed by atoms with van der Waals surface area (Å²) in [5.41, 5.74) is 0.453. The zero-order valence-corrected chi connectivity index (χ0v) is 19.0. The van der Waals surface area contributed by atoms with Crippen molar-refractivity contribution in [2.75, 3.05) is 19.6 Å². The molecule has 2 N–H and O–H groups in total. The Morgan fingerprint density at radius 3 is 2.52 bits per heavy atom. The Balaban J connectivity index is 2.06. The average molecular weight is 429 g/mol. The number of amides is 3. The van der Waals surface area contributed by atoms with Crippen molar-refractivity contribution in [1.29, 1.82) is 0 Å². The predicted octanol–water partition coefficient (Wildman–Crippen LogP) is 4.95. The molecule has 1 aromatic rings. The van der Waals surface area contributed by atoms with E-state index in [1.807, 2.05) is 42.5 Å². The number of guanidine groups is 1. The maximum absolute atomic E-state index is 12.9. The van der Waals surface area contributed by atoms with Crippen LogP contribution < -0.4 is 10.6 Å². The van der Waals surface area contributed by atoms with Gasteiger partial charge in [-0.15, -0.1) is 0 Å². The van der Waals surface area contributed by atoms with Crippen LogP contribution in [-0.2, 0) is 4.74 Å². The van der Waals surface area contributed by atoms with E-state index in [1.165, 1.54) is 0 Å². The van der Waals surface area contributed by atoms with E-state index in [0.29, 0.717) is 19.6 Å². The van der Waals surface area contributed by atoms with E-state index in [0.717, 1.165) is 44.1 Å². The Morgan fingerprint density at radius 1 is 1.13 bits per heavy atom. The lowest BCUT2D eigenvalue weighted by Gasteiger charge is -2.23. The zero-order valence-electron chi connectivity index (χ0n) is 19.0. The summed E-state index contributed by atoms with van der Waals surface area (Å²) < 4.78 is 5.30. The summed E-state index contributed by atoms with van der Waals surface area (Å²) in [4.78, 5) is 31.3. The second-order valence-electron chi connectivity index (χ2n) is 8.67. The third-order valence-corrected chi connectivity index (χ3v) is 4.67. The summed E-state index contributed by atoms with van der Waals surface area (Å²) in [6, 6.07) is 9.69. The van der Waals surface area contributed by atoms with Crippen molar-refractivity contribution in [1.82, 2.24) is 15.5 Å². The fourth-order valence-electron chi connectivity index (χ4n) is 3.16. The van der Waals surface area contributed by atoms with Gasteiger partial charge in [-0.3, -0.25) is 15.6 Å². The van der Waals surface area contributed by atoms with Gasteiger partial charge in [-0.1, -0.05) is 68.2 Å². The maximum atomic E-state index is 12.9. The Kier molecular flexibility index (Phi) is 10.1. The van der Waals surface area contributed by atoms with Crippen molar-refractivity contribution >= 4 is 24.2 Å². The van der Waals surface area contributed by atoms with Crippen molar-refractivity contribution in [3.63, 3.8) is 0 Å². The van der Waals surface area contributed by atoms with Gasteiger partial charge in [-0.25, -0.2) is 9.59 Å². The van der Waals surface area contributed by atoms with Crippen LogP contribution in [0.25, 0.3) is 6.08 Å². The summed E-state index contributed by atoms with van der Waals surface area (Å²) in [5, 5.41) is 5.35. The molecule has 1 aliphatic rings. The van der Waals surface area contributed by atoms with Crippen LogP contribution in [0, 0.1) is 0 Å². The molecule has 1 heterocycles. The van der Waals surface area contributed by atoms with Gasteiger partial charge in [0.1, 0.15) is 5.60 Å². The smallest absolute Gasteiger partial charge is 0.414 e. The lowest BCUT2D eigenvalue weighted by atomic mass is 10.1. The van der Waals surface area contributed by atoms with Crippen LogP contribution in [-0.4, -0.2) is 48.2 Å². The van der Waals surface area contributed by atoms with E-state index < -0.39 is 11.7 Å². The molecule has 0 saturated heterocycles. The molecule has 0 fully saturated rings. The van der Waals surface area contributed by atoms with Crippen molar-refractivity contribution in [2.45, 2.75) is 64.9 Å². The fourth-order valence-corrected chi connectivity index (χ4v) is 3.16. The summed E-state index contributed by atoms with van der Waals surface area (Å²) >= 11 is 0. The van der Waals surface area contributed by atoms with Gasteiger partial charge in [0, 0.05) is 19.6 Å². The van der Waals surface area contributed by atoms with Crippen LogP contribution in [0.4, 0.5) is 9.59 Å². The molecule has 0 atom stereocenters. The number of urea groups is 1. The summed E-state index contributed by atoms with van der Waals surface area (Å²) in [7, 11) is 0. The molecule has 7 nitrogen and oxygen atoms in total. The second kappa shape index (κ2) is 12.8. The molecule has 0 saturated carbocycles. The molecule has 170 valence electrons. The van der Waals surface area contributed by atoms with Crippen molar-refractivity contribution in [3.05, 3.63) is 42.0 Å². The Morgan fingerprint density at radius 2 is 1.81 bits per heavy atom. The molecule has 31 heavy (non-hydrogen) atoms. The SMILES string of the molecule is CC(C)(C)OC(=O)NC1=NCCCCCCCCN(C/C=C/c2ccccc2)C(=O)N1. The number of aliphatic imine (C=N–C) groups is 1. The highest BCUT2D eigenvalue weighted by Crippen LogP contribution is 2.09. The van der Waals surface area contributed by atoms with Crippen LogP contribution in [0.15, 0.2) is 41.4 Å². The first-order valence-electron chi connectivity index (χ1n) is 11.2. The lowest BCUT2D eigenvalue weighted by molar-refractivity contribution is 0.0561. The molecular formula is C24H36N4O3. The summed E-state index contributed by atoms with van der Waals surface area (Å²) in [6.45, 7) is 7.03. The monoisotopic (exact) mass is 428 g/mol. The molecule has 0 spiro atoms. The van der Waals surface area contributed by atoms with E-state index in [9.17, 15) is 9.59 Å². The van der Waals surface area contributed by atoms with Crippen LogP contribution in [0.2, 0.25) is 0 Å². The number of benzene rings is 1. The van der Waals surface area contributed by atoms with E-state index in [-0.39, 0.29) is 12.0 Å². The summed E-state index contributed by atoms with van der Waals surface area (Å²) in [5.74, 6) is 0.135. The highest BCUT2D eigenvalue weighted by atomic mass is 16.6. The molecule has 0 unspecified atom stereocenters. The predicted molar refractivity (Wildman–Crippen MR) is 125 cm³/mol. The molecular weight excluding hydrogens is 392 g/mol. The second-order valence-corrected chi connectivity index (χ2v) is 8.67. The standard InChI is InChI=1S/C24H36N4O3/c1-24(2,3)31-23(30)27-21-25-17-11-6-4-5-7-12-18-28(22(29)26-21)19-13-16-20-14-9-8-10-15-20/h8-10,13-16H,4-7,11-12,17-19H2,1-3H3,(H2,25,26,27,29,30)/b16-13+. The minimum Gasteiger partial charge on any atom is -0.444 e. The van der Waals surface area contributed by atoms with Gasteiger partial charge in [-0.2, -0.15) is 0 Å². The highest BCUT2D eigenvalue weighted by molar-refractivity contribution is 6.02. The number of carbonyl (C=O) groups is 2. The fraction of sp³-hybridized carbons (Fsp3) is 0.542. The molecule has 1 aromatic carbocycles. The van der Waals surface area contributed by atoms with E-state index in [4.69, 9.17) is 4.74 Å². The first-order chi connectivity index (χ1) is 14.8. The third kappa shape index (κ3) is 10.7. The van der Waals surface area contributed by atoms with Gasteiger partial charge < -0.3 is 9.64 Å². The number of carbonyl (C=O) groups excluding carboxylic acids is 2. The van der Waals surface area contributed by atoms with Gasteiger partial charge in [0.2, 0.25) is 5.96 Å². The largest absolute Gasteiger partial charge is 0.444 e. The molecule has 7 heteroatoms. The number of hydrogen-bond acceptors (Lipinski definition) is 4.